The number of amides is 1. The van der Waals surface area contributed by atoms with Crippen molar-refractivity contribution >= 4 is 17.0 Å². The minimum absolute atomic E-state index is 0.182. The van der Waals surface area contributed by atoms with E-state index in [1.54, 1.807) is 7.11 Å². The minimum atomic E-state index is -0.199. The van der Waals surface area contributed by atoms with Crippen LogP contribution >= 0.6 is 0 Å². The summed E-state index contributed by atoms with van der Waals surface area (Å²) in [5.41, 5.74) is 5.27. The largest absolute Gasteiger partial charge is 0.497 e. The molecule has 1 saturated carbocycles. The van der Waals surface area contributed by atoms with Crippen LogP contribution in [0.15, 0.2) is 41.1 Å². The van der Waals surface area contributed by atoms with E-state index in [0.29, 0.717) is 28.3 Å². The molecule has 8 nitrogen and oxygen atoms in total. The molecule has 1 aliphatic carbocycles. The lowest BCUT2D eigenvalue weighted by atomic mass is 10.0. The van der Waals surface area contributed by atoms with Gasteiger partial charge >= 0.3 is 0 Å². The van der Waals surface area contributed by atoms with Crippen LogP contribution in [0.3, 0.4) is 0 Å². The second kappa shape index (κ2) is 8.35. The number of carbonyl (C=O) groups is 1. The van der Waals surface area contributed by atoms with Gasteiger partial charge in [0.05, 0.1) is 30.3 Å². The highest BCUT2D eigenvalue weighted by Crippen LogP contribution is 2.41. The van der Waals surface area contributed by atoms with Crippen LogP contribution in [0.2, 0.25) is 0 Å². The number of pyridine rings is 1. The van der Waals surface area contributed by atoms with Crippen LogP contribution in [-0.2, 0) is 6.54 Å². The quantitative estimate of drug-likeness (QED) is 0.439. The highest BCUT2D eigenvalue weighted by atomic mass is 16.5. The van der Waals surface area contributed by atoms with Gasteiger partial charge in [-0.3, -0.25) is 9.48 Å². The molecule has 1 N–H and O–H groups in total. The zero-order valence-electron chi connectivity index (χ0n) is 19.3. The molecule has 0 aliphatic heterocycles. The summed E-state index contributed by atoms with van der Waals surface area (Å²) in [7, 11) is 1.62. The first-order valence-corrected chi connectivity index (χ1v) is 11.3. The molecule has 1 fully saturated rings. The molecule has 3 aromatic heterocycles. The fourth-order valence-corrected chi connectivity index (χ4v) is 4.24. The van der Waals surface area contributed by atoms with Crippen LogP contribution in [0.5, 0.6) is 5.75 Å². The van der Waals surface area contributed by atoms with Gasteiger partial charge in [-0.15, -0.1) is 0 Å². The van der Waals surface area contributed by atoms with E-state index in [9.17, 15) is 4.79 Å². The Balaban J connectivity index is 1.55. The second-order valence-corrected chi connectivity index (χ2v) is 8.51. The smallest absolute Gasteiger partial charge is 0.259 e. The maximum atomic E-state index is 13.6. The van der Waals surface area contributed by atoms with Gasteiger partial charge in [0.15, 0.2) is 0 Å². The number of nitrogens with zero attached hydrogens (tertiary/aromatic N) is 4. The first kappa shape index (κ1) is 21.2. The molecule has 0 spiro atoms. The van der Waals surface area contributed by atoms with Crippen LogP contribution in [0.25, 0.3) is 22.4 Å². The standard InChI is InChI=1S/C25H27N5O3/c1-5-30-15(3)20(13-26-30)14(2)27-24(31)19-12-21(16-6-7-16)28-25-22(19)23(29-33-25)17-8-10-18(32-4)11-9-17/h8-14,16H,5-7H2,1-4H3,(H,27,31). The van der Waals surface area contributed by atoms with E-state index in [1.165, 1.54) is 0 Å². The number of hydrogen-bond donors (Lipinski definition) is 1. The average Bonchev–Trinajstić information content (AvgIpc) is 3.49. The van der Waals surface area contributed by atoms with Crippen LogP contribution < -0.4 is 10.1 Å². The lowest BCUT2D eigenvalue weighted by Crippen LogP contribution is -2.27. The van der Waals surface area contributed by atoms with E-state index in [0.717, 1.165) is 47.7 Å². The van der Waals surface area contributed by atoms with Gasteiger partial charge in [-0.25, -0.2) is 4.98 Å². The molecule has 170 valence electrons. The van der Waals surface area contributed by atoms with Gasteiger partial charge in [0.2, 0.25) is 0 Å². The predicted molar refractivity (Wildman–Crippen MR) is 124 cm³/mol. The van der Waals surface area contributed by atoms with E-state index in [2.05, 4.69) is 20.6 Å². The fourth-order valence-electron chi connectivity index (χ4n) is 4.24. The Bertz CT molecular complexity index is 1320. The normalized spacial score (nSPS) is 14.4. The number of aromatic nitrogens is 4. The summed E-state index contributed by atoms with van der Waals surface area (Å²) in [6, 6.07) is 9.22. The Morgan fingerprint density at radius 1 is 1.30 bits per heavy atom. The number of carbonyl (C=O) groups excluding carboxylic acids is 1. The highest BCUT2D eigenvalue weighted by Gasteiger charge is 2.30. The third-order valence-electron chi connectivity index (χ3n) is 6.32. The first-order valence-electron chi connectivity index (χ1n) is 11.3. The Labute approximate surface area is 191 Å². The van der Waals surface area contributed by atoms with Gasteiger partial charge in [0.1, 0.15) is 11.4 Å². The zero-order valence-corrected chi connectivity index (χ0v) is 19.3. The number of ether oxygens (including phenoxy) is 1. The fraction of sp³-hybridized carbons (Fsp3) is 0.360. The molecule has 0 radical (unpaired) electrons. The van der Waals surface area contributed by atoms with Gasteiger partial charge in [-0.05, 0) is 63.9 Å². The second-order valence-electron chi connectivity index (χ2n) is 8.51. The summed E-state index contributed by atoms with van der Waals surface area (Å²) in [6.07, 6.45) is 3.97. The molecular formula is C25H27N5O3. The molecule has 5 rings (SSSR count). The van der Waals surface area contributed by atoms with Crippen molar-refractivity contribution in [3.05, 3.63) is 59.0 Å². The number of benzene rings is 1. The van der Waals surface area contributed by atoms with E-state index in [4.69, 9.17) is 9.26 Å². The van der Waals surface area contributed by atoms with Crippen molar-refractivity contribution < 1.29 is 14.1 Å². The lowest BCUT2D eigenvalue weighted by Gasteiger charge is -2.15. The van der Waals surface area contributed by atoms with Crippen molar-refractivity contribution in [2.24, 2.45) is 0 Å². The molecule has 1 unspecified atom stereocenters. The molecule has 1 atom stereocenters. The predicted octanol–water partition coefficient (Wildman–Crippen LogP) is 4.79. The maximum Gasteiger partial charge on any atom is 0.259 e. The monoisotopic (exact) mass is 445 g/mol. The topological polar surface area (TPSA) is 95.1 Å². The van der Waals surface area contributed by atoms with Crippen molar-refractivity contribution in [1.82, 2.24) is 25.2 Å². The Morgan fingerprint density at radius 2 is 2.06 bits per heavy atom. The minimum Gasteiger partial charge on any atom is -0.497 e. The van der Waals surface area contributed by atoms with Crippen LogP contribution in [0, 0.1) is 6.92 Å². The van der Waals surface area contributed by atoms with Gasteiger partial charge in [-0.2, -0.15) is 5.10 Å². The van der Waals surface area contributed by atoms with Gasteiger partial charge in [-0.1, -0.05) is 5.16 Å². The van der Waals surface area contributed by atoms with Gasteiger partial charge in [0.25, 0.3) is 11.6 Å². The highest BCUT2D eigenvalue weighted by molar-refractivity contribution is 6.09. The van der Waals surface area contributed by atoms with Gasteiger partial charge in [0, 0.05) is 35.0 Å². The van der Waals surface area contributed by atoms with Crippen molar-refractivity contribution in [2.45, 2.75) is 52.1 Å². The summed E-state index contributed by atoms with van der Waals surface area (Å²) >= 11 is 0. The van der Waals surface area contributed by atoms with E-state index in [-0.39, 0.29) is 11.9 Å². The van der Waals surface area contributed by atoms with Gasteiger partial charge < -0.3 is 14.6 Å². The summed E-state index contributed by atoms with van der Waals surface area (Å²) < 4.78 is 12.8. The van der Waals surface area contributed by atoms with Crippen molar-refractivity contribution in [3.63, 3.8) is 0 Å². The first-order chi connectivity index (χ1) is 16.0. The molecule has 4 aromatic rings. The number of methoxy groups -OCH3 is 1. The number of fused-ring (bicyclic) bond motifs is 1. The average molecular weight is 446 g/mol. The molecular weight excluding hydrogens is 418 g/mol. The Morgan fingerprint density at radius 3 is 2.70 bits per heavy atom. The molecule has 3 heterocycles. The van der Waals surface area contributed by atoms with Crippen molar-refractivity contribution in [2.75, 3.05) is 7.11 Å². The van der Waals surface area contributed by atoms with Crippen LogP contribution in [0.4, 0.5) is 0 Å². The number of nitrogens with one attached hydrogen (secondary N) is 1. The van der Waals surface area contributed by atoms with E-state index in [1.807, 2.05) is 62.0 Å². The molecule has 1 amide bonds. The summed E-state index contributed by atoms with van der Waals surface area (Å²) in [5.74, 6) is 0.937. The third kappa shape index (κ3) is 3.86. The van der Waals surface area contributed by atoms with Crippen LogP contribution in [-0.4, -0.2) is 32.9 Å². The molecule has 1 aliphatic rings. The lowest BCUT2D eigenvalue weighted by molar-refractivity contribution is 0.0941. The SMILES string of the molecule is CCn1ncc(C(C)NC(=O)c2cc(C3CC3)nc3onc(-c4ccc(OC)cc4)c23)c1C. The van der Waals surface area contributed by atoms with Crippen LogP contribution in [0.1, 0.15) is 66.0 Å². The number of aryl methyl sites for hydroxylation is 1. The molecule has 0 bridgehead atoms. The van der Waals surface area contributed by atoms with Crippen molar-refractivity contribution in [1.29, 1.82) is 0 Å². The summed E-state index contributed by atoms with van der Waals surface area (Å²) in [6.45, 7) is 6.83. The van der Waals surface area contributed by atoms with E-state index < -0.39 is 0 Å². The molecule has 1 aromatic carbocycles. The Hall–Kier alpha value is -3.68. The summed E-state index contributed by atoms with van der Waals surface area (Å²) in [5, 5.41) is 12.5. The maximum absolute atomic E-state index is 13.6. The van der Waals surface area contributed by atoms with Crippen molar-refractivity contribution in [3.8, 4) is 17.0 Å². The number of rotatable bonds is 7. The number of hydrogen-bond acceptors (Lipinski definition) is 6. The Kier molecular flexibility index (Phi) is 5.36. The summed E-state index contributed by atoms with van der Waals surface area (Å²) in [4.78, 5) is 18.2. The molecule has 8 heteroatoms. The third-order valence-corrected chi connectivity index (χ3v) is 6.32. The van der Waals surface area contributed by atoms with E-state index >= 15 is 0 Å². The molecule has 0 saturated heterocycles. The zero-order chi connectivity index (χ0) is 23.1. The molecule has 33 heavy (non-hydrogen) atoms.